The number of hydrogen-bond donors (Lipinski definition) is 1. The van der Waals surface area contributed by atoms with E-state index in [0.29, 0.717) is 5.33 Å². The van der Waals surface area contributed by atoms with E-state index in [-0.39, 0.29) is 17.7 Å². The Hall–Kier alpha value is -1.24. The number of carbonyl (C=O) groups excluding carboxylic acids is 1. The smallest absolute Gasteiger partial charge is 0.508 e. The third-order valence-electron chi connectivity index (χ3n) is 1.81. The van der Waals surface area contributed by atoms with Gasteiger partial charge in [0.05, 0.1) is 5.56 Å². The summed E-state index contributed by atoms with van der Waals surface area (Å²) >= 11 is 3.01. The Morgan fingerprint density at radius 1 is 1.41 bits per heavy atom. The lowest BCUT2D eigenvalue weighted by molar-refractivity contribution is -0.274. The molecule has 1 N–H and O–H groups in total. The lowest BCUT2D eigenvalue weighted by atomic mass is 10.1. The minimum atomic E-state index is -4.87. The van der Waals surface area contributed by atoms with E-state index in [0.717, 1.165) is 18.2 Å². The standard InChI is InChI=1S/C10H8BrF3O3/c11-4-3-8(16)7-5-6(15)1-2-9(7)17-10(12,13)14/h1-2,5,15H,3-4H2. The zero-order chi connectivity index (χ0) is 13.1. The predicted molar refractivity (Wildman–Crippen MR) is 57.5 cm³/mol. The Labute approximate surface area is 103 Å². The maximum Gasteiger partial charge on any atom is 0.573 e. The molecular formula is C10H8BrF3O3. The number of aromatic hydroxyl groups is 1. The molecule has 0 bridgehead atoms. The van der Waals surface area contributed by atoms with Crippen LogP contribution in [0.25, 0.3) is 0 Å². The van der Waals surface area contributed by atoms with Crippen molar-refractivity contribution in [2.24, 2.45) is 0 Å². The number of hydrogen-bond acceptors (Lipinski definition) is 3. The molecule has 0 radical (unpaired) electrons. The fraction of sp³-hybridized carbons (Fsp3) is 0.300. The highest BCUT2D eigenvalue weighted by molar-refractivity contribution is 9.09. The van der Waals surface area contributed by atoms with Crippen LogP contribution in [0.1, 0.15) is 16.8 Å². The van der Waals surface area contributed by atoms with Crippen molar-refractivity contribution in [2.45, 2.75) is 12.8 Å². The predicted octanol–water partition coefficient (Wildman–Crippen LogP) is 3.26. The molecule has 0 fully saturated rings. The van der Waals surface area contributed by atoms with Gasteiger partial charge in [0.15, 0.2) is 5.78 Å². The van der Waals surface area contributed by atoms with Gasteiger partial charge in [-0.1, -0.05) is 15.9 Å². The van der Waals surface area contributed by atoms with E-state index in [2.05, 4.69) is 20.7 Å². The Morgan fingerprint density at radius 3 is 2.59 bits per heavy atom. The number of benzene rings is 1. The molecule has 0 saturated heterocycles. The number of alkyl halides is 4. The topological polar surface area (TPSA) is 46.5 Å². The summed E-state index contributed by atoms with van der Waals surface area (Å²) in [5.41, 5.74) is -0.290. The number of rotatable bonds is 4. The highest BCUT2D eigenvalue weighted by Gasteiger charge is 2.32. The molecule has 17 heavy (non-hydrogen) atoms. The van der Waals surface area contributed by atoms with Crippen molar-refractivity contribution >= 4 is 21.7 Å². The third kappa shape index (κ3) is 4.26. The zero-order valence-corrected chi connectivity index (χ0v) is 10.0. The molecule has 0 aliphatic carbocycles. The summed E-state index contributed by atoms with van der Waals surface area (Å²) in [6, 6.07) is 2.88. The Kier molecular flexibility index (Phi) is 4.39. The van der Waals surface area contributed by atoms with Crippen LogP contribution < -0.4 is 4.74 Å². The van der Waals surface area contributed by atoms with Gasteiger partial charge < -0.3 is 9.84 Å². The first kappa shape index (κ1) is 13.8. The number of phenolic OH excluding ortho intramolecular Hbond substituents is 1. The number of carbonyl (C=O) groups is 1. The molecule has 3 nitrogen and oxygen atoms in total. The highest BCUT2D eigenvalue weighted by Crippen LogP contribution is 2.30. The van der Waals surface area contributed by atoms with Crippen molar-refractivity contribution in [2.75, 3.05) is 5.33 Å². The summed E-state index contributed by atoms with van der Waals surface area (Å²) in [7, 11) is 0. The average molecular weight is 313 g/mol. The Bertz CT molecular complexity index is 418. The van der Waals surface area contributed by atoms with Gasteiger partial charge in [0, 0.05) is 11.8 Å². The van der Waals surface area contributed by atoms with Crippen molar-refractivity contribution in [1.29, 1.82) is 0 Å². The van der Waals surface area contributed by atoms with E-state index >= 15 is 0 Å². The maximum absolute atomic E-state index is 12.1. The van der Waals surface area contributed by atoms with E-state index in [1.54, 1.807) is 0 Å². The molecule has 0 aliphatic heterocycles. The fourth-order valence-corrected chi connectivity index (χ4v) is 1.53. The second kappa shape index (κ2) is 5.39. The minimum Gasteiger partial charge on any atom is -0.508 e. The summed E-state index contributed by atoms with van der Waals surface area (Å²) in [4.78, 5) is 11.5. The number of ketones is 1. The molecule has 0 heterocycles. The van der Waals surface area contributed by atoms with Gasteiger partial charge in [0.2, 0.25) is 0 Å². The minimum absolute atomic E-state index is 0.0116. The van der Waals surface area contributed by atoms with E-state index in [1.807, 2.05) is 0 Å². The quantitative estimate of drug-likeness (QED) is 0.685. The molecule has 94 valence electrons. The van der Waals surface area contributed by atoms with Crippen LogP contribution in [-0.4, -0.2) is 22.6 Å². The molecule has 1 rings (SSSR count). The molecule has 0 aromatic heterocycles. The highest BCUT2D eigenvalue weighted by atomic mass is 79.9. The summed E-state index contributed by atoms with van der Waals surface area (Å²) in [5.74, 6) is -1.45. The van der Waals surface area contributed by atoms with Crippen LogP contribution in [-0.2, 0) is 0 Å². The SMILES string of the molecule is O=C(CCBr)c1cc(O)ccc1OC(F)(F)F. The van der Waals surface area contributed by atoms with Crippen molar-refractivity contribution in [3.8, 4) is 11.5 Å². The van der Waals surface area contributed by atoms with Crippen molar-refractivity contribution in [1.82, 2.24) is 0 Å². The normalized spacial score (nSPS) is 11.3. The first-order chi connectivity index (χ1) is 7.83. The summed E-state index contributed by atoms with van der Waals surface area (Å²) in [6.45, 7) is 0. The molecule has 0 unspecified atom stereocenters. The second-order valence-corrected chi connectivity index (χ2v) is 3.88. The van der Waals surface area contributed by atoms with Crippen molar-refractivity contribution in [3.63, 3.8) is 0 Å². The largest absolute Gasteiger partial charge is 0.573 e. The summed E-state index contributed by atoms with van der Waals surface area (Å²) in [5, 5.41) is 9.46. The van der Waals surface area contributed by atoms with Crippen molar-refractivity contribution in [3.05, 3.63) is 23.8 Å². The van der Waals surface area contributed by atoms with Gasteiger partial charge in [-0.2, -0.15) is 0 Å². The fourth-order valence-electron chi connectivity index (χ4n) is 1.17. The number of ether oxygens (including phenoxy) is 1. The molecular weight excluding hydrogens is 305 g/mol. The molecule has 1 aromatic rings. The number of Topliss-reactive ketones (excluding diaryl/α,β-unsaturated/α-hetero) is 1. The van der Waals surface area contributed by atoms with E-state index in [1.165, 1.54) is 0 Å². The number of halogens is 4. The Morgan fingerprint density at radius 2 is 2.06 bits per heavy atom. The first-order valence-electron chi connectivity index (χ1n) is 4.51. The van der Waals surface area contributed by atoms with Crippen LogP contribution in [0, 0.1) is 0 Å². The van der Waals surface area contributed by atoms with Gasteiger partial charge in [-0.05, 0) is 18.2 Å². The van der Waals surface area contributed by atoms with Crippen LogP contribution in [0.3, 0.4) is 0 Å². The molecule has 7 heteroatoms. The van der Waals surface area contributed by atoms with Crippen LogP contribution in [0.5, 0.6) is 11.5 Å². The second-order valence-electron chi connectivity index (χ2n) is 3.09. The Balaban J connectivity index is 3.08. The molecule has 0 saturated carbocycles. The average Bonchev–Trinajstić information content (AvgIpc) is 2.19. The monoisotopic (exact) mass is 312 g/mol. The number of phenols is 1. The molecule has 0 atom stereocenters. The van der Waals surface area contributed by atoms with Crippen LogP contribution in [0.15, 0.2) is 18.2 Å². The zero-order valence-electron chi connectivity index (χ0n) is 8.42. The van der Waals surface area contributed by atoms with Crippen LogP contribution in [0.2, 0.25) is 0 Å². The van der Waals surface area contributed by atoms with Gasteiger partial charge in [-0.25, -0.2) is 0 Å². The molecule has 0 spiro atoms. The summed E-state index contributed by atoms with van der Waals surface area (Å²) < 4.78 is 39.9. The third-order valence-corrected chi connectivity index (χ3v) is 2.21. The van der Waals surface area contributed by atoms with Gasteiger partial charge in [-0.3, -0.25) is 4.79 Å². The first-order valence-corrected chi connectivity index (χ1v) is 5.63. The maximum atomic E-state index is 12.1. The van der Waals surface area contributed by atoms with E-state index in [9.17, 15) is 18.0 Å². The lowest BCUT2D eigenvalue weighted by Crippen LogP contribution is -2.19. The molecule has 1 aromatic carbocycles. The summed E-state index contributed by atoms with van der Waals surface area (Å²) in [6.07, 6.45) is -4.86. The van der Waals surface area contributed by atoms with E-state index in [4.69, 9.17) is 5.11 Å². The molecule has 0 aliphatic rings. The molecule has 0 amide bonds. The van der Waals surface area contributed by atoms with Gasteiger partial charge in [-0.15, -0.1) is 13.2 Å². The van der Waals surface area contributed by atoms with Crippen molar-refractivity contribution < 1.29 is 27.8 Å². The van der Waals surface area contributed by atoms with E-state index < -0.39 is 17.9 Å². The van der Waals surface area contributed by atoms with Gasteiger partial charge >= 0.3 is 6.36 Å². The van der Waals surface area contributed by atoms with Crippen LogP contribution >= 0.6 is 15.9 Å². The van der Waals surface area contributed by atoms with Gasteiger partial charge in [0.25, 0.3) is 0 Å². The lowest BCUT2D eigenvalue weighted by Gasteiger charge is -2.12. The van der Waals surface area contributed by atoms with Crippen LogP contribution in [0.4, 0.5) is 13.2 Å². The van der Waals surface area contributed by atoms with Gasteiger partial charge in [0.1, 0.15) is 11.5 Å².